The molecule has 2 atom stereocenters. The average Bonchev–Trinajstić information content (AvgIpc) is 2.87. The Morgan fingerprint density at radius 2 is 2.06 bits per heavy atom. The summed E-state index contributed by atoms with van der Waals surface area (Å²) in [6, 6.07) is 10.4. The molecule has 3 nitrogen and oxygen atoms in total. The maximum absolute atomic E-state index is 9.22. The van der Waals surface area contributed by atoms with Gasteiger partial charge in [0.05, 0.1) is 6.61 Å². The van der Waals surface area contributed by atoms with Crippen LogP contribution < -0.4 is 10.1 Å². The third kappa shape index (κ3) is 4.00. The van der Waals surface area contributed by atoms with Crippen molar-refractivity contribution in [2.45, 2.75) is 31.7 Å². The monoisotopic (exact) mass is 249 g/mol. The highest BCUT2D eigenvalue weighted by Crippen LogP contribution is 2.24. The second-order valence-corrected chi connectivity index (χ2v) is 4.95. The summed E-state index contributed by atoms with van der Waals surface area (Å²) in [4.78, 5) is 0. The number of rotatable bonds is 7. The molecule has 0 aromatic heterocycles. The summed E-state index contributed by atoms with van der Waals surface area (Å²) >= 11 is 0. The van der Waals surface area contributed by atoms with Crippen molar-refractivity contribution in [3.63, 3.8) is 0 Å². The van der Waals surface area contributed by atoms with E-state index >= 15 is 0 Å². The molecule has 0 aliphatic heterocycles. The Morgan fingerprint density at radius 1 is 1.22 bits per heavy atom. The van der Waals surface area contributed by atoms with Crippen LogP contribution in [0.3, 0.4) is 0 Å². The summed E-state index contributed by atoms with van der Waals surface area (Å²) < 4.78 is 5.63. The SMILES string of the molecule is OCC1CCCC1NCCCOc1ccccc1. The number of nitrogens with one attached hydrogen (secondary N) is 1. The minimum Gasteiger partial charge on any atom is -0.494 e. The first kappa shape index (κ1) is 13.4. The fraction of sp³-hybridized carbons (Fsp3) is 0.600. The number of aliphatic hydroxyl groups excluding tert-OH is 1. The molecular formula is C15H23NO2. The highest BCUT2D eigenvalue weighted by molar-refractivity contribution is 5.20. The van der Waals surface area contributed by atoms with E-state index in [0.29, 0.717) is 18.6 Å². The Hall–Kier alpha value is -1.06. The molecule has 1 fully saturated rings. The van der Waals surface area contributed by atoms with E-state index in [1.807, 2.05) is 30.3 Å². The van der Waals surface area contributed by atoms with Gasteiger partial charge in [-0.2, -0.15) is 0 Å². The largest absolute Gasteiger partial charge is 0.494 e. The maximum atomic E-state index is 9.22. The van der Waals surface area contributed by atoms with Gasteiger partial charge in [-0.05, 0) is 43.9 Å². The molecule has 0 saturated heterocycles. The molecule has 0 spiro atoms. The van der Waals surface area contributed by atoms with E-state index in [-0.39, 0.29) is 0 Å². The van der Waals surface area contributed by atoms with E-state index in [9.17, 15) is 5.11 Å². The second kappa shape index (κ2) is 7.39. The molecule has 0 radical (unpaired) electrons. The lowest BCUT2D eigenvalue weighted by Crippen LogP contribution is -2.35. The van der Waals surface area contributed by atoms with Crippen molar-refractivity contribution in [2.24, 2.45) is 5.92 Å². The molecule has 2 N–H and O–H groups in total. The smallest absolute Gasteiger partial charge is 0.119 e. The van der Waals surface area contributed by atoms with E-state index in [4.69, 9.17) is 4.74 Å². The van der Waals surface area contributed by atoms with Crippen molar-refractivity contribution in [3.8, 4) is 5.75 Å². The van der Waals surface area contributed by atoms with Crippen LogP contribution in [0.1, 0.15) is 25.7 Å². The minimum atomic E-state index is 0.318. The Kier molecular flexibility index (Phi) is 5.49. The summed E-state index contributed by atoms with van der Waals surface area (Å²) in [5.41, 5.74) is 0. The summed E-state index contributed by atoms with van der Waals surface area (Å²) in [5.74, 6) is 1.40. The quantitative estimate of drug-likeness (QED) is 0.728. The zero-order chi connectivity index (χ0) is 12.6. The lowest BCUT2D eigenvalue weighted by atomic mass is 10.1. The predicted molar refractivity (Wildman–Crippen MR) is 72.8 cm³/mol. The van der Waals surface area contributed by atoms with Gasteiger partial charge in [-0.3, -0.25) is 0 Å². The van der Waals surface area contributed by atoms with Gasteiger partial charge in [0, 0.05) is 12.6 Å². The Balaban J connectivity index is 1.56. The van der Waals surface area contributed by atoms with Crippen molar-refractivity contribution in [1.82, 2.24) is 5.32 Å². The van der Waals surface area contributed by atoms with Gasteiger partial charge in [0.25, 0.3) is 0 Å². The normalized spacial score (nSPS) is 23.2. The third-order valence-electron chi connectivity index (χ3n) is 3.63. The number of hydrogen-bond donors (Lipinski definition) is 2. The zero-order valence-electron chi connectivity index (χ0n) is 10.8. The summed E-state index contributed by atoms with van der Waals surface area (Å²) in [6.07, 6.45) is 4.60. The molecule has 2 rings (SSSR count). The van der Waals surface area contributed by atoms with Crippen LogP contribution in [0, 0.1) is 5.92 Å². The van der Waals surface area contributed by atoms with Crippen molar-refractivity contribution < 1.29 is 9.84 Å². The zero-order valence-corrected chi connectivity index (χ0v) is 10.8. The summed E-state index contributed by atoms with van der Waals surface area (Å²) in [7, 11) is 0. The third-order valence-corrected chi connectivity index (χ3v) is 3.63. The van der Waals surface area contributed by atoms with Crippen molar-refractivity contribution in [1.29, 1.82) is 0 Å². The van der Waals surface area contributed by atoms with E-state index < -0.39 is 0 Å². The van der Waals surface area contributed by atoms with Crippen molar-refractivity contribution in [3.05, 3.63) is 30.3 Å². The number of benzene rings is 1. The maximum Gasteiger partial charge on any atom is 0.119 e. The first-order valence-corrected chi connectivity index (χ1v) is 6.92. The van der Waals surface area contributed by atoms with Crippen molar-refractivity contribution in [2.75, 3.05) is 19.8 Å². The van der Waals surface area contributed by atoms with Crippen LogP contribution in [0.15, 0.2) is 30.3 Å². The molecule has 18 heavy (non-hydrogen) atoms. The van der Waals surface area contributed by atoms with Crippen LogP contribution in [-0.2, 0) is 0 Å². The molecule has 100 valence electrons. The van der Waals surface area contributed by atoms with Crippen LogP contribution >= 0.6 is 0 Å². The molecule has 1 aromatic carbocycles. The fourth-order valence-electron chi connectivity index (χ4n) is 2.59. The molecule has 1 aromatic rings. The number of aliphatic hydroxyl groups is 1. The van der Waals surface area contributed by atoms with Crippen LogP contribution in [0.2, 0.25) is 0 Å². The van der Waals surface area contributed by atoms with Crippen LogP contribution in [0.4, 0.5) is 0 Å². The van der Waals surface area contributed by atoms with E-state index in [2.05, 4.69) is 5.32 Å². The molecule has 1 saturated carbocycles. The Bertz CT molecular complexity index is 329. The lowest BCUT2D eigenvalue weighted by molar-refractivity contribution is 0.204. The van der Waals surface area contributed by atoms with Gasteiger partial charge >= 0.3 is 0 Å². The van der Waals surface area contributed by atoms with Gasteiger partial charge in [0.1, 0.15) is 5.75 Å². The van der Waals surface area contributed by atoms with Crippen LogP contribution in [0.5, 0.6) is 5.75 Å². The predicted octanol–water partition coefficient (Wildman–Crippen LogP) is 2.21. The molecule has 0 amide bonds. The molecule has 2 unspecified atom stereocenters. The van der Waals surface area contributed by atoms with Gasteiger partial charge in [0.2, 0.25) is 0 Å². The standard InChI is InChI=1S/C15H23NO2/c17-12-13-6-4-9-15(13)16-10-5-11-18-14-7-2-1-3-8-14/h1-3,7-8,13,15-17H,4-6,9-12H2. The highest BCUT2D eigenvalue weighted by Gasteiger charge is 2.25. The average molecular weight is 249 g/mol. The minimum absolute atomic E-state index is 0.318. The molecule has 0 bridgehead atoms. The number of hydrogen-bond acceptors (Lipinski definition) is 3. The van der Waals surface area contributed by atoms with E-state index in [1.165, 1.54) is 12.8 Å². The van der Waals surface area contributed by atoms with Gasteiger partial charge in [-0.25, -0.2) is 0 Å². The van der Waals surface area contributed by atoms with Crippen LogP contribution in [-0.4, -0.2) is 30.9 Å². The number of ether oxygens (including phenoxy) is 1. The molecular weight excluding hydrogens is 226 g/mol. The first-order valence-electron chi connectivity index (χ1n) is 6.92. The van der Waals surface area contributed by atoms with E-state index in [1.54, 1.807) is 0 Å². The van der Waals surface area contributed by atoms with Crippen molar-refractivity contribution >= 4 is 0 Å². The number of para-hydroxylation sites is 1. The fourth-order valence-corrected chi connectivity index (χ4v) is 2.59. The lowest BCUT2D eigenvalue weighted by Gasteiger charge is -2.18. The Morgan fingerprint density at radius 3 is 2.83 bits per heavy atom. The molecule has 0 heterocycles. The van der Waals surface area contributed by atoms with Gasteiger partial charge in [-0.1, -0.05) is 24.6 Å². The first-order chi connectivity index (χ1) is 8.90. The summed E-state index contributed by atoms with van der Waals surface area (Å²) in [5, 5.41) is 12.8. The molecule has 1 aliphatic rings. The van der Waals surface area contributed by atoms with Gasteiger partial charge < -0.3 is 15.2 Å². The second-order valence-electron chi connectivity index (χ2n) is 4.95. The van der Waals surface area contributed by atoms with Gasteiger partial charge in [0.15, 0.2) is 0 Å². The van der Waals surface area contributed by atoms with Gasteiger partial charge in [-0.15, -0.1) is 0 Å². The topological polar surface area (TPSA) is 41.5 Å². The van der Waals surface area contributed by atoms with Crippen LogP contribution in [0.25, 0.3) is 0 Å². The summed E-state index contributed by atoms with van der Waals surface area (Å²) in [6.45, 7) is 2.03. The Labute approximate surface area is 109 Å². The molecule has 3 heteroatoms. The van der Waals surface area contributed by atoms with E-state index in [0.717, 1.165) is 31.7 Å². The molecule has 1 aliphatic carbocycles. The highest BCUT2D eigenvalue weighted by atomic mass is 16.5.